The van der Waals surface area contributed by atoms with Gasteiger partial charge in [0.05, 0.1) is 11.3 Å². The molecular weight excluding hydrogens is 375 g/mol. The van der Waals surface area contributed by atoms with E-state index in [0.717, 1.165) is 22.2 Å². The quantitative estimate of drug-likeness (QED) is 0.769. The fourth-order valence-corrected chi connectivity index (χ4v) is 3.90. The summed E-state index contributed by atoms with van der Waals surface area (Å²) in [7, 11) is 0. The van der Waals surface area contributed by atoms with Gasteiger partial charge in [0.15, 0.2) is 0 Å². The van der Waals surface area contributed by atoms with E-state index < -0.39 is 17.0 Å². The Hall–Kier alpha value is -2.45. The molecular formula is C18H15FN2O3S2. The lowest BCUT2D eigenvalue weighted by Gasteiger charge is -2.12. The lowest BCUT2D eigenvalue weighted by atomic mass is 10.2. The number of carbonyl (C=O) groups excluding carboxylic acids is 3. The maximum absolute atomic E-state index is 13.7. The Bertz CT molecular complexity index is 865. The molecule has 2 heterocycles. The highest BCUT2D eigenvalue weighted by Crippen LogP contribution is 2.32. The number of halogens is 1. The van der Waals surface area contributed by atoms with E-state index in [-0.39, 0.29) is 35.9 Å². The Labute approximate surface area is 157 Å². The molecule has 1 aromatic heterocycles. The van der Waals surface area contributed by atoms with E-state index in [2.05, 4.69) is 5.32 Å². The Morgan fingerprint density at radius 1 is 1.23 bits per heavy atom. The number of amides is 3. The number of nitrogens with one attached hydrogen (secondary N) is 1. The first kappa shape index (κ1) is 18.3. The number of thioether (sulfide) groups is 1. The summed E-state index contributed by atoms with van der Waals surface area (Å²) >= 11 is 2.28. The van der Waals surface area contributed by atoms with E-state index in [1.54, 1.807) is 12.1 Å². The lowest BCUT2D eigenvalue weighted by molar-refractivity contribution is -0.124. The van der Waals surface area contributed by atoms with Gasteiger partial charge in [-0.1, -0.05) is 18.2 Å². The van der Waals surface area contributed by atoms with Crippen molar-refractivity contribution >= 4 is 46.2 Å². The highest BCUT2D eigenvalue weighted by molar-refractivity contribution is 8.18. The van der Waals surface area contributed by atoms with Crippen molar-refractivity contribution < 1.29 is 18.8 Å². The number of rotatable bonds is 6. The van der Waals surface area contributed by atoms with Crippen LogP contribution in [0.4, 0.5) is 9.18 Å². The van der Waals surface area contributed by atoms with E-state index in [4.69, 9.17) is 0 Å². The molecule has 0 aliphatic carbocycles. The van der Waals surface area contributed by atoms with Crippen molar-refractivity contribution in [2.75, 3.05) is 13.1 Å². The highest BCUT2D eigenvalue weighted by atomic mass is 32.2. The van der Waals surface area contributed by atoms with Crippen molar-refractivity contribution in [3.8, 4) is 0 Å². The van der Waals surface area contributed by atoms with Gasteiger partial charge in [0, 0.05) is 18.7 Å². The first-order valence-corrected chi connectivity index (χ1v) is 9.58. The van der Waals surface area contributed by atoms with Gasteiger partial charge in [0.2, 0.25) is 5.91 Å². The molecule has 8 heteroatoms. The Kier molecular flexibility index (Phi) is 5.85. The largest absolute Gasteiger partial charge is 0.354 e. The van der Waals surface area contributed by atoms with Gasteiger partial charge in [0.1, 0.15) is 5.82 Å². The average Bonchev–Trinajstić information content (AvgIpc) is 3.20. The minimum absolute atomic E-state index is 0.0780. The van der Waals surface area contributed by atoms with E-state index in [1.165, 1.54) is 29.5 Å². The molecule has 1 N–H and O–H groups in total. The third-order valence-electron chi connectivity index (χ3n) is 3.67. The molecule has 0 radical (unpaired) electrons. The van der Waals surface area contributed by atoms with Gasteiger partial charge in [-0.25, -0.2) is 4.39 Å². The molecule has 134 valence electrons. The third-order valence-corrected chi connectivity index (χ3v) is 5.31. The molecule has 3 rings (SSSR count). The SMILES string of the molecule is O=C(Cc1ccsc1)NCCN1C(=O)S/C(=C\c2ccccc2F)C1=O. The zero-order valence-corrected chi connectivity index (χ0v) is 15.2. The predicted octanol–water partition coefficient (Wildman–Crippen LogP) is 3.28. The van der Waals surface area contributed by atoms with Crippen molar-refractivity contribution in [2.45, 2.75) is 6.42 Å². The van der Waals surface area contributed by atoms with Crippen LogP contribution in [0.3, 0.4) is 0 Å². The van der Waals surface area contributed by atoms with Gasteiger partial charge in [-0.05, 0) is 46.3 Å². The summed E-state index contributed by atoms with van der Waals surface area (Å²) in [5.74, 6) is -1.10. The smallest absolute Gasteiger partial charge is 0.293 e. The Morgan fingerprint density at radius 2 is 2.04 bits per heavy atom. The molecule has 26 heavy (non-hydrogen) atoms. The van der Waals surface area contributed by atoms with Crippen LogP contribution < -0.4 is 5.32 Å². The molecule has 2 aromatic rings. The van der Waals surface area contributed by atoms with Gasteiger partial charge in [-0.2, -0.15) is 11.3 Å². The number of carbonyl (C=O) groups is 3. The van der Waals surface area contributed by atoms with Crippen molar-refractivity contribution in [1.29, 1.82) is 0 Å². The molecule has 1 fully saturated rings. The second kappa shape index (κ2) is 8.29. The molecule has 1 aliphatic heterocycles. The normalized spacial score (nSPS) is 15.7. The van der Waals surface area contributed by atoms with Gasteiger partial charge >= 0.3 is 0 Å². The minimum atomic E-state index is -0.477. The number of nitrogens with zero attached hydrogens (tertiary/aromatic N) is 1. The summed E-state index contributed by atoms with van der Waals surface area (Å²) in [4.78, 5) is 37.4. The zero-order valence-electron chi connectivity index (χ0n) is 13.6. The maximum Gasteiger partial charge on any atom is 0.293 e. The van der Waals surface area contributed by atoms with Gasteiger partial charge in [-0.3, -0.25) is 19.3 Å². The summed E-state index contributed by atoms with van der Waals surface area (Å²) in [6, 6.07) is 7.90. The van der Waals surface area contributed by atoms with Crippen LogP contribution in [0.2, 0.25) is 0 Å². The van der Waals surface area contributed by atoms with E-state index in [0.29, 0.717) is 0 Å². The van der Waals surface area contributed by atoms with Crippen LogP contribution in [-0.4, -0.2) is 35.0 Å². The summed E-state index contributed by atoms with van der Waals surface area (Å²) in [5.41, 5.74) is 1.17. The van der Waals surface area contributed by atoms with E-state index in [9.17, 15) is 18.8 Å². The van der Waals surface area contributed by atoms with Crippen molar-refractivity contribution in [3.63, 3.8) is 0 Å². The molecule has 0 atom stereocenters. The molecule has 0 saturated carbocycles. The summed E-state index contributed by atoms with van der Waals surface area (Å²) in [6.45, 7) is 0.253. The van der Waals surface area contributed by atoms with Gasteiger partial charge in [-0.15, -0.1) is 0 Å². The number of benzene rings is 1. The second-order valence-electron chi connectivity index (χ2n) is 5.51. The molecule has 3 amide bonds. The van der Waals surface area contributed by atoms with Crippen molar-refractivity contribution in [3.05, 3.63) is 62.9 Å². The second-order valence-corrected chi connectivity index (χ2v) is 7.29. The van der Waals surface area contributed by atoms with Crippen LogP contribution in [0.1, 0.15) is 11.1 Å². The van der Waals surface area contributed by atoms with E-state index >= 15 is 0 Å². The fourth-order valence-electron chi connectivity index (χ4n) is 2.37. The molecule has 1 saturated heterocycles. The molecule has 0 spiro atoms. The van der Waals surface area contributed by atoms with E-state index in [1.807, 2.05) is 16.8 Å². The van der Waals surface area contributed by atoms with Crippen LogP contribution >= 0.6 is 23.1 Å². The monoisotopic (exact) mass is 390 g/mol. The summed E-state index contributed by atoms with van der Waals surface area (Å²) in [6.07, 6.45) is 1.63. The summed E-state index contributed by atoms with van der Waals surface area (Å²) in [5, 5.41) is 6.05. The van der Waals surface area contributed by atoms with Crippen LogP contribution in [0.15, 0.2) is 46.0 Å². The van der Waals surface area contributed by atoms with Crippen LogP contribution in [0, 0.1) is 5.82 Å². The maximum atomic E-state index is 13.7. The molecule has 1 aliphatic rings. The fraction of sp³-hybridized carbons (Fsp3) is 0.167. The topological polar surface area (TPSA) is 66.5 Å². The zero-order chi connectivity index (χ0) is 18.5. The number of hydrogen-bond acceptors (Lipinski definition) is 5. The highest BCUT2D eigenvalue weighted by Gasteiger charge is 2.34. The first-order valence-electron chi connectivity index (χ1n) is 7.82. The van der Waals surface area contributed by atoms with Crippen molar-refractivity contribution in [1.82, 2.24) is 10.2 Å². The lowest BCUT2D eigenvalue weighted by Crippen LogP contribution is -2.37. The molecule has 5 nitrogen and oxygen atoms in total. The Balaban J connectivity index is 1.56. The van der Waals surface area contributed by atoms with Crippen LogP contribution in [0.25, 0.3) is 6.08 Å². The first-order chi connectivity index (χ1) is 12.5. The number of hydrogen-bond donors (Lipinski definition) is 1. The average molecular weight is 390 g/mol. The standard InChI is InChI=1S/C18H15FN2O3S2/c19-14-4-2-1-3-13(14)10-15-17(23)21(18(24)26-15)7-6-20-16(22)9-12-5-8-25-11-12/h1-5,8,10-11H,6-7,9H2,(H,20,22)/b15-10-. The Morgan fingerprint density at radius 3 is 2.77 bits per heavy atom. The summed E-state index contributed by atoms with van der Waals surface area (Å²) < 4.78 is 13.7. The van der Waals surface area contributed by atoms with Gasteiger partial charge < -0.3 is 5.32 Å². The van der Waals surface area contributed by atoms with Gasteiger partial charge in [0.25, 0.3) is 11.1 Å². The van der Waals surface area contributed by atoms with Crippen LogP contribution in [0.5, 0.6) is 0 Å². The van der Waals surface area contributed by atoms with Crippen LogP contribution in [-0.2, 0) is 16.0 Å². The predicted molar refractivity (Wildman–Crippen MR) is 100 cm³/mol. The van der Waals surface area contributed by atoms with Crippen molar-refractivity contribution in [2.24, 2.45) is 0 Å². The molecule has 0 unspecified atom stereocenters. The minimum Gasteiger partial charge on any atom is -0.354 e. The molecule has 0 bridgehead atoms. The third kappa shape index (κ3) is 4.39. The number of imide groups is 1. The molecule has 1 aromatic carbocycles. The number of thiophene rings is 1.